The molecule has 0 radical (unpaired) electrons. The number of aromatic nitrogens is 2. The molecular formula is C12H9ClN2O3. The maximum atomic E-state index is 10.9. The fourth-order valence-corrected chi connectivity index (χ4v) is 1.78. The van der Waals surface area contributed by atoms with Crippen LogP contribution in [0.25, 0.3) is 5.69 Å². The molecule has 6 heteroatoms. The molecule has 0 fully saturated rings. The number of halogens is 1. The van der Waals surface area contributed by atoms with Crippen LogP contribution in [0.2, 0.25) is 5.02 Å². The van der Waals surface area contributed by atoms with Crippen LogP contribution in [-0.4, -0.2) is 27.1 Å². The Bertz CT molecular complexity index is 634. The van der Waals surface area contributed by atoms with Gasteiger partial charge in [0.2, 0.25) is 0 Å². The zero-order valence-corrected chi connectivity index (χ0v) is 10.2. The van der Waals surface area contributed by atoms with Gasteiger partial charge >= 0.3 is 5.97 Å². The molecule has 0 aliphatic rings. The Labute approximate surface area is 108 Å². The second-order valence-corrected chi connectivity index (χ2v) is 4.09. The predicted octanol–water partition coefficient (Wildman–Crippen LogP) is 2.34. The van der Waals surface area contributed by atoms with Crippen molar-refractivity contribution < 1.29 is 14.7 Å². The number of carboxylic acids is 1. The van der Waals surface area contributed by atoms with Gasteiger partial charge in [-0.25, -0.2) is 9.48 Å². The number of carbonyl (C=O) groups is 2. The highest BCUT2D eigenvalue weighted by atomic mass is 35.5. The fraction of sp³-hybridized carbons (Fsp3) is 0.0833. The summed E-state index contributed by atoms with van der Waals surface area (Å²) in [5, 5.41) is 13.3. The van der Waals surface area contributed by atoms with Crippen LogP contribution in [0.4, 0.5) is 0 Å². The molecule has 0 saturated carbocycles. The van der Waals surface area contributed by atoms with Gasteiger partial charge in [0.1, 0.15) is 0 Å². The van der Waals surface area contributed by atoms with E-state index in [4.69, 9.17) is 16.7 Å². The molecule has 0 saturated heterocycles. The van der Waals surface area contributed by atoms with Crippen LogP contribution in [0.1, 0.15) is 26.4 Å². The van der Waals surface area contributed by atoms with Gasteiger partial charge in [0.15, 0.2) is 12.0 Å². The average Bonchev–Trinajstić information content (AvgIpc) is 2.76. The van der Waals surface area contributed by atoms with Crippen molar-refractivity contribution in [3.63, 3.8) is 0 Å². The van der Waals surface area contributed by atoms with Crippen LogP contribution in [0.5, 0.6) is 0 Å². The molecule has 2 rings (SSSR count). The third-order valence-electron chi connectivity index (χ3n) is 2.56. The van der Waals surface area contributed by atoms with Gasteiger partial charge in [-0.3, -0.25) is 4.79 Å². The number of benzene rings is 1. The SMILES string of the molecule is Cc1c(Cl)cccc1-n1cc(C=O)c(C(=O)O)n1. The Kier molecular flexibility index (Phi) is 3.16. The smallest absolute Gasteiger partial charge is 0.357 e. The van der Waals surface area contributed by atoms with Crippen molar-refractivity contribution in [1.82, 2.24) is 9.78 Å². The van der Waals surface area contributed by atoms with Crippen LogP contribution >= 0.6 is 11.6 Å². The maximum absolute atomic E-state index is 10.9. The standard InChI is InChI=1S/C12H9ClN2O3/c1-7-9(13)3-2-4-10(7)15-5-8(6-16)11(14-15)12(17)18/h2-6H,1H3,(H,17,18). The summed E-state index contributed by atoms with van der Waals surface area (Å²) in [6, 6.07) is 5.20. The van der Waals surface area contributed by atoms with Crippen LogP contribution < -0.4 is 0 Å². The van der Waals surface area contributed by atoms with E-state index in [2.05, 4.69) is 5.10 Å². The number of hydrogen-bond donors (Lipinski definition) is 1. The van der Waals surface area contributed by atoms with Crippen LogP contribution in [0.15, 0.2) is 24.4 Å². The first-order valence-corrected chi connectivity index (χ1v) is 5.46. The van der Waals surface area contributed by atoms with Gasteiger partial charge in [-0.2, -0.15) is 5.10 Å². The van der Waals surface area contributed by atoms with Gasteiger partial charge in [-0.1, -0.05) is 17.7 Å². The number of carboxylic acid groups (broad SMARTS) is 1. The zero-order chi connectivity index (χ0) is 13.3. The van der Waals surface area contributed by atoms with Gasteiger partial charge in [-0.15, -0.1) is 0 Å². The lowest BCUT2D eigenvalue weighted by Crippen LogP contribution is -2.03. The Balaban J connectivity index is 2.62. The molecule has 1 aromatic heterocycles. The number of rotatable bonds is 3. The number of hydrogen-bond acceptors (Lipinski definition) is 3. The minimum Gasteiger partial charge on any atom is -0.476 e. The lowest BCUT2D eigenvalue weighted by Gasteiger charge is -2.06. The molecule has 0 unspecified atom stereocenters. The molecule has 92 valence electrons. The highest BCUT2D eigenvalue weighted by Crippen LogP contribution is 2.22. The van der Waals surface area contributed by atoms with Crippen LogP contribution in [0, 0.1) is 6.92 Å². The predicted molar refractivity (Wildman–Crippen MR) is 65.7 cm³/mol. The van der Waals surface area contributed by atoms with E-state index in [1.807, 2.05) is 0 Å². The Morgan fingerprint density at radius 1 is 1.50 bits per heavy atom. The van der Waals surface area contributed by atoms with Crippen molar-refractivity contribution in [2.75, 3.05) is 0 Å². The molecule has 0 amide bonds. The number of nitrogens with zero attached hydrogens (tertiary/aromatic N) is 2. The summed E-state index contributed by atoms with van der Waals surface area (Å²) in [6.45, 7) is 1.79. The fourth-order valence-electron chi connectivity index (χ4n) is 1.61. The summed E-state index contributed by atoms with van der Waals surface area (Å²) in [6.07, 6.45) is 1.84. The summed E-state index contributed by atoms with van der Waals surface area (Å²) in [7, 11) is 0. The highest BCUT2D eigenvalue weighted by molar-refractivity contribution is 6.31. The largest absolute Gasteiger partial charge is 0.476 e. The lowest BCUT2D eigenvalue weighted by molar-refractivity contribution is 0.0687. The summed E-state index contributed by atoms with van der Waals surface area (Å²) in [5.74, 6) is -1.24. The van der Waals surface area contributed by atoms with E-state index >= 15 is 0 Å². The zero-order valence-electron chi connectivity index (χ0n) is 9.42. The molecule has 1 heterocycles. The molecule has 1 aromatic carbocycles. The van der Waals surface area contributed by atoms with Crippen LogP contribution in [0.3, 0.4) is 0 Å². The van der Waals surface area contributed by atoms with E-state index in [1.54, 1.807) is 25.1 Å². The summed E-state index contributed by atoms with van der Waals surface area (Å²) >= 11 is 5.98. The molecule has 0 atom stereocenters. The first-order valence-electron chi connectivity index (χ1n) is 5.08. The van der Waals surface area contributed by atoms with Crippen molar-refractivity contribution in [2.45, 2.75) is 6.92 Å². The monoisotopic (exact) mass is 264 g/mol. The van der Waals surface area contributed by atoms with E-state index in [-0.39, 0.29) is 11.3 Å². The van der Waals surface area contributed by atoms with Gasteiger partial charge in [0.05, 0.1) is 11.3 Å². The molecule has 0 aliphatic heterocycles. The molecule has 5 nitrogen and oxygen atoms in total. The summed E-state index contributed by atoms with van der Waals surface area (Å²) < 4.78 is 1.34. The van der Waals surface area contributed by atoms with Crippen LogP contribution in [-0.2, 0) is 0 Å². The third kappa shape index (κ3) is 2.00. The van der Waals surface area contributed by atoms with Crippen molar-refractivity contribution >= 4 is 23.9 Å². The maximum Gasteiger partial charge on any atom is 0.357 e. The summed E-state index contributed by atoms with van der Waals surface area (Å²) in [5.41, 5.74) is 1.15. The molecule has 0 aliphatic carbocycles. The number of aldehydes is 1. The molecule has 0 bridgehead atoms. The average molecular weight is 265 g/mol. The lowest BCUT2D eigenvalue weighted by atomic mass is 10.2. The minimum atomic E-state index is -1.24. The van der Waals surface area contributed by atoms with E-state index < -0.39 is 5.97 Å². The Hall–Kier alpha value is -2.14. The molecule has 0 spiro atoms. The van der Waals surface area contributed by atoms with E-state index in [9.17, 15) is 9.59 Å². The van der Waals surface area contributed by atoms with Crippen molar-refractivity contribution in [2.24, 2.45) is 0 Å². The van der Waals surface area contributed by atoms with E-state index in [1.165, 1.54) is 10.9 Å². The topological polar surface area (TPSA) is 72.2 Å². The van der Waals surface area contributed by atoms with Crippen molar-refractivity contribution in [1.29, 1.82) is 0 Å². The molecule has 2 aromatic rings. The van der Waals surface area contributed by atoms with Gasteiger partial charge in [0.25, 0.3) is 0 Å². The van der Waals surface area contributed by atoms with Crippen molar-refractivity contribution in [3.8, 4) is 5.69 Å². The number of carbonyl (C=O) groups excluding carboxylic acids is 1. The van der Waals surface area contributed by atoms with E-state index in [0.717, 1.165) is 5.56 Å². The van der Waals surface area contributed by atoms with Crippen molar-refractivity contribution in [3.05, 3.63) is 46.2 Å². The molecule has 18 heavy (non-hydrogen) atoms. The number of aromatic carboxylic acids is 1. The second-order valence-electron chi connectivity index (χ2n) is 3.68. The normalized spacial score (nSPS) is 10.3. The molecular weight excluding hydrogens is 256 g/mol. The Morgan fingerprint density at radius 2 is 2.22 bits per heavy atom. The van der Waals surface area contributed by atoms with Gasteiger partial charge in [0, 0.05) is 11.2 Å². The summed E-state index contributed by atoms with van der Waals surface area (Å²) in [4.78, 5) is 21.7. The third-order valence-corrected chi connectivity index (χ3v) is 2.97. The second kappa shape index (κ2) is 4.62. The Morgan fingerprint density at radius 3 is 2.78 bits per heavy atom. The van der Waals surface area contributed by atoms with E-state index in [0.29, 0.717) is 17.0 Å². The van der Waals surface area contributed by atoms with Gasteiger partial charge < -0.3 is 5.11 Å². The first-order chi connectivity index (χ1) is 8.54. The quantitative estimate of drug-likeness (QED) is 0.864. The first kappa shape index (κ1) is 12.3. The molecule has 1 N–H and O–H groups in total. The highest BCUT2D eigenvalue weighted by Gasteiger charge is 2.16. The minimum absolute atomic E-state index is 0.0295. The van der Waals surface area contributed by atoms with Gasteiger partial charge in [-0.05, 0) is 24.6 Å².